The van der Waals surface area contributed by atoms with E-state index in [9.17, 15) is 29.4 Å². The minimum atomic E-state index is -1.83. The van der Waals surface area contributed by atoms with E-state index >= 15 is 0 Å². The van der Waals surface area contributed by atoms with E-state index in [0.717, 1.165) is 12.8 Å². The van der Waals surface area contributed by atoms with E-state index in [4.69, 9.17) is 16.3 Å². The number of aliphatic hydroxyl groups is 2. The van der Waals surface area contributed by atoms with Gasteiger partial charge in [-0.05, 0) is 32.6 Å². The first-order valence-corrected chi connectivity index (χ1v) is 12.2. The summed E-state index contributed by atoms with van der Waals surface area (Å²) in [5.41, 5.74) is -3.60. The number of carbonyl (C=O) groups is 4. The number of rotatable bonds is 9. The molecule has 0 aliphatic heterocycles. The van der Waals surface area contributed by atoms with Crippen molar-refractivity contribution in [3.8, 4) is 0 Å². The molecule has 10 heteroatoms. The summed E-state index contributed by atoms with van der Waals surface area (Å²) in [6, 6.07) is -1.09. The Hall–Kier alpha value is -1.42. The molecule has 0 aromatic rings. The predicted molar refractivity (Wildman–Crippen MR) is 121 cm³/mol. The molecule has 1 amide bonds. The van der Waals surface area contributed by atoms with Gasteiger partial charge >= 0.3 is 5.97 Å². The van der Waals surface area contributed by atoms with Gasteiger partial charge in [-0.2, -0.15) is 0 Å². The van der Waals surface area contributed by atoms with Crippen LogP contribution < -0.4 is 5.32 Å². The number of amides is 1. The second kappa shape index (κ2) is 11.1. The maximum atomic E-state index is 13.6. The zero-order valence-electron chi connectivity index (χ0n) is 18.6. The van der Waals surface area contributed by atoms with Gasteiger partial charge in [0.05, 0.1) is 18.8 Å². The third kappa shape index (κ3) is 5.21. The van der Waals surface area contributed by atoms with Gasteiger partial charge in [-0.1, -0.05) is 23.9 Å². The summed E-state index contributed by atoms with van der Waals surface area (Å²) in [6.45, 7) is 2.65. The average Bonchev–Trinajstić information content (AvgIpc) is 2.96. The van der Waals surface area contributed by atoms with Gasteiger partial charge in [-0.15, -0.1) is 11.6 Å². The standard InChI is InChI=1S/C22H32ClNO7S/c1-13(25)24-16(19(28)31-3)12-32-20(29)22(18(27)14-7-5-4-6-8-14)11-17(26)15(9-10-23)21(22,2)30/h5,7,14-16,18,27,30H,4,6,8-12H2,1-3H3,(H,24,25)/t14-,15+,16?,18+,21+,22-/m1/s1. The molecule has 2 rings (SSSR count). The molecule has 180 valence electrons. The smallest absolute Gasteiger partial charge is 0.329 e. The van der Waals surface area contributed by atoms with Crippen molar-refractivity contribution in [3.63, 3.8) is 0 Å². The quantitative estimate of drug-likeness (QED) is 0.253. The summed E-state index contributed by atoms with van der Waals surface area (Å²) in [5.74, 6) is -2.84. The molecular weight excluding hydrogens is 458 g/mol. The fourth-order valence-electron chi connectivity index (χ4n) is 4.87. The molecule has 32 heavy (non-hydrogen) atoms. The Labute approximate surface area is 197 Å². The second-order valence-corrected chi connectivity index (χ2v) is 10.0. The molecular formula is C22H32ClNO7S. The molecule has 0 saturated heterocycles. The van der Waals surface area contributed by atoms with Crippen molar-refractivity contribution in [2.45, 2.75) is 63.7 Å². The van der Waals surface area contributed by atoms with E-state index in [0.29, 0.717) is 18.2 Å². The van der Waals surface area contributed by atoms with Crippen LogP contribution in [0.3, 0.4) is 0 Å². The number of allylic oxidation sites excluding steroid dienone is 1. The van der Waals surface area contributed by atoms with Crippen molar-refractivity contribution in [3.05, 3.63) is 12.2 Å². The number of ether oxygens (including phenoxy) is 1. The van der Waals surface area contributed by atoms with Gasteiger partial charge in [-0.25, -0.2) is 4.79 Å². The lowest BCUT2D eigenvalue weighted by Gasteiger charge is -2.45. The summed E-state index contributed by atoms with van der Waals surface area (Å²) < 4.78 is 4.69. The van der Waals surface area contributed by atoms with Crippen LogP contribution in [0.5, 0.6) is 0 Å². The number of ketones is 1. The van der Waals surface area contributed by atoms with Crippen LogP contribution in [-0.4, -0.2) is 69.5 Å². The number of thioether (sulfide) groups is 1. The molecule has 1 saturated carbocycles. The van der Waals surface area contributed by atoms with Crippen LogP contribution in [-0.2, 0) is 23.9 Å². The summed E-state index contributed by atoms with van der Waals surface area (Å²) in [4.78, 5) is 50.0. The van der Waals surface area contributed by atoms with E-state index in [-0.39, 0.29) is 30.3 Å². The van der Waals surface area contributed by atoms with Gasteiger partial charge in [0, 0.05) is 36.8 Å². The summed E-state index contributed by atoms with van der Waals surface area (Å²) >= 11 is 6.56. The average molecular weight is 490 g/mol. The molecule has 0 heterocycles. The number of esters is 1. The Kier molecular flexibility index (Phi) is 9.34. The van der Waals surface area contributed by atoms with Crippen LogP contribution in [0.4, 0.5) is 0 Å². The topological polar surface area (TPSA) is 130 Å². The number of aliphatic hydroxyl groups excluding tert-OH is 1. The van der Waals surface area contributed by atoms with E-state index in [2.05, 4.69) is 5.32 Å². The molecule has 1 unspecified atom stereocenters. The maximum Gasteiger partial charge on any atom is 0.329 e. The zero-order valence-corrected chi connectivity index (χ0v) is 20.2. The number of methoxy groups -OCH3 is 1. The summed E-state index contributed by atoms with van der Waals surface area (Å²) in [7, 11) is 1.17. The highest BCUT2D eigenvalue weighted by molar-refractivity contribution is 8.13. The lowest BCUT2D eigenvalue weighted by molar-refractivity contribution is -0.161. The maximum absolute atomic E-state index is 13.6. The van der Waals surface area contributed by atoms with Gasteiger partial charge < -0.3 is 20.3 Å². The molecule has 3 N–H and O–H groups in total. The van der Waals surface area contributed by atoms with Crippen LogP contribution >= 0.6 is 23.4 Å². The van der Waals surface area contributed by atoms with Crippen molar-refractivity contribution >= 4 is 46.1 Å². The molecule has 2 aliphatic rings. The fourth-order valence-corrected chi connectivity index (χ4v) is 6.28. The van der Waals surface area contributed by atoms with Crippen molar-refractivity contribution in [2.75, 3.05) is 18.7 Å². The Morgan fingerprint density at radius 2 is 2.09 bits per heavy atom. The van der Waals surface area contributed by atoms with E-state index < -0.39 is 52.0 Å². The second-order valence-electron chi connectivity index (χ2n) is 8.63. The highest BCUT2D eigenvalue weighted by atomic mass is 35.5. The first-order chi connectivity index (χ1) is 15.0. The number of hydrogen-bond donors (Lipinski definition) is 3. The lowest BCUT2D eigenvalue weighted by atomic mass is 9.65. The van der Waals surface area contributed by atoms with E-state index in [1.807, 2.05) is 12.2 Å². The number of nitrogens with one attached hydrogen (secondary N) is 1. The minimum absolute atomic E-state index is 0.121. The lowest BCUT2D eigenvalue weighted by Crippen LogP contribution is -2.58. The van der Waals surface area contributed by atoms with Gasteiger partial charge in [0.1, 0.15) is 17.2 Å². The van der Waals surface area contributed by atoms with Gasteiger partial charge in [0.15, 0.2) is 0 Å². The Morgan fingerprint density at radius 3 is 2.62 bits per heavy atom. The number of carbonyl (C=O) groups excluding carboxylic acids is 4. The minimum Gasteiger partial charge on any atom is -0.467 e. The van der Waals surface area contributed by atoms with E-state index in [1.165, 1.54) is 21.0 Å². The van der Waals surface area contributed by atoms with Crippen molar-refractivity contribution in [1.29, 1.82) is 0 Å². The fraction of sp³-hybridized carbons (Fsp3) is 0.727. The Bertz CT molecular complexity index is 771. The van der Waals surface area contributed by atoms with Gasteiger partial charge in [0.2, 0.25) is 11.0 Å². The molecule has 0 radical (unpaired) electrons. The molecule has 0 aromatic carbocycles. The van der Waals surface area contributed by atoms with Crippen molar-refractivity contribution < 1.29 is 34.1 Å². The molecule has 2 aliphatic carbocycles. The molecule has 8 nitrogen and oxygen atoms in total. The predicted octanol–water partition coefficient (Wildman–Crippen LogP) is 1.60. The summed E-state index contributed by atoms with van der Waals surface area (Å²) in [5, 5.41) is 24.8. The van der Waals surface area contributed by atoms with Gasteiger partial charge in [0.25, 0.3) is 0 Å². The monoisotopic (exact) mass is 489 g/mol. The van der Waals surface area contributed by atoms with Crippen LogP contribution in [0.15, 0.2) is 12.2 Å². The van der Waals surface area contributed by atoms with Crippen LogP contribution in [0.1, 0.15) is 46.0 Å². The molecule has 0 spiro atoms. The van der Waals surface area contributed by atoms with E-state index in [1.54, 1.807) is 0 Å². The third-order valence-corrected chi connectivity index (χ3v) is 7.98. The number of halogens is 1. The first kappa shape index (κ1) is 26.8. The number of alkyl halides is 1. The molecule has 1 fully saturated rings. The number of hydrogen-bond acceptors (Lipinski definition) is 8. The summed E-state index contributed by atoms with van der Waals surface area (Å²) in [6.07, 6.45) is 4.63. The van der Waals surface area contributed by atoms with Crippen molar-refractivity contribution in [1.82, 2.24) is 5.32 Å². The normalized spacial score (nSPS) is 31.8. The molecule has 6 atom stereocenters. The Balaban J connectivity index is 2.40. The SMILES string of the molecule is COC(=O)C(CSC(=O)[C@]1([C@@H](O)[C@@H]2C=CCCC2)CC(=O)[C@H](CCCl)[C@]1(C)O)NC(C)=O. The first-order valence-electron chi connectivity index (χ1n) is 10.7. The van der Waals surface area contributed by atoms with Gasteiger partial charge in [-0.3, -0.25) is 14.4 Å². The van der Waals surface area contributed by atoms with Crippen molar-refractivity contribution in [2.24, 2.45) is 17.3 Å². The van der Waals surface area contributed by atoms with Crippen LogP contribution in [0.2, 0.25) is 0 Å². The number of Topliss-reactive ketones (excluding diaryl/α,β-unsaturated/α-hetero) is 1. The third-order valence-electron chi connectivity index (χ3n) is 6.63. The van der Waals surface area contributed by atoms with Crippen LogP contribution in [0.25, 0.3) is 0 Å². The highest BCUT2D eigenvalue weighted by Crippen LogP contribution is 2.56. The largest absolute Gasteiger partial charge is 0.467 e. The molecule has 0 aromatic heterocycles. The zero-order chi connectivity index (χ0) is 24.1. The van der Waals surface area contributed by atoms with Crippen LogP contribution in [0, 0.1) is 17.3 Å². The Morgan fingerprint density at radius 1 is 1.41 bits per heavy atom. The highest BCUT2D eigenvalue weighted by Gasteiger charge is 2.68. The molecule has 0 bridgehead atoms.